The minimum Gasteiger partial charge on any atom is -0.336 e. The van der Waals surface area contributed by atoms with Crippen LogP contribution in [-0.4, -0.2) is 62.8 Å². The van der Waals surface area contributed by atoms with E-state index in [1.165, 1.54) is 5.56 Å². The molecule has 2 aliphatic heterocycles. The van der Waals surface area contributed by atoms with Gasteiger partial charge in [0.25, 0.3) is 0 Å². The number of aryl methyl sites for hydroxylation is 1. The van der Waals surface area contributed by atoms with Gasteiger partial charge in [-0.15, -0.1) is 10.2 Å². The third kappa shape index (κ3) is 3.43. The fraction of sp³-hybridized carbons (Fsp3) is 0.550. The fourth-order valence-corrected chi connectivity index (χ4v) is 4.51. The van der Waals surface area contributed by atoms with E-state index in [0.717, 1.165) is 38.5 Å². The van der Waals surface area contributed by atoms with Gasteiger partial charge in [0.05, 0.1) is 0 Å². The molecule has 2 saturated heterocycles. The van der Waals surface area contributed by atoms with Crippen molar-refractivity contribution in [2.24, 2.45) is 12.5 Å². The molecule has 4 rings (SSSR count). The summed E-state index contributed by atoms with van der Waals surface area (Å²) in [4.78, 5) is 16.8. The summed E-state index contributed by atoms with van der Waals surface area (Å²) in [5, 5.41) is 11.5. The number of carbonyl (C=O) groups is 1. The average Bonchev–Trinajstić information content (AvgIpc) is 3.17. The zero-order valence-corrected chi connectivity index (χ0v) is 16.3. The lowest BCUT2D eigenvalue weighted by atomic mass is 9.71. The molecule has 1 spiro atoms. The number of urea groups is 1. The van der Waals surface area contributed by atoms with Gasteiger partial charge >= 0.3 is 6.03 Å². The lowest BCUT2D eigenvalue weighted by Crippen LogP contribution is -2.64. The van der Waals surface area contributed by atoms with Gasteiger partial charge in [-0.3, -0.25) is 4.90 Å². The Balaban J connectivity index is 1.52. The van der Waals surface area contributed by atoms with E-state index in [9.17, 15) is 4.79 Å². The van der Waals surface area contributed by atoms with Crippen molar-refractivity contribution in [2.45, 2.75) is 32.4 Å². The van der Waals surface area contributed by atoms with Gasteiger partial charge in [0.1, 0.15) is 12.2 Å². The Bertz CT molecular complexity index is 796. The number of aromatic nitrogens is 3. The number of nitrogens with zero attached hydrogens (tertiary/aromatic N) is 5. The van der Waals surface area contributed by atoms with Crippen LogP contribution in [0.2, 0.25) is 0 Å². The molecule has 0 aliphatic carbocycles. The molecule has 1 unspecified atom stereocenters. The van der Waals surface area contributed by atoms with Crippen molar-refractivity contribution >= 4 is 6.03 Å². The van der Waals surface area contributed by atoms with Crippen molar-refractivity contribution in [2.75, 3.05) is 26.2 Å². The number of nitrogens with one attached hydrogen (secondary N) is 1. The molecule has 1 N–H and O–H groups in total. The van der Waals surface area contributed by atoms with Crippen LogP contribution >= 0.6 is 0 Å². The predicted molar refractivity (Wildman–Crippen MR) is 103 cm³/mol. The van der Waals surface area contributed by atoms with E-state index < -0.39 is 0 Å². The molecule has 1 aromatic heterocycles. The van der Waals surface area contributed by atoms with Crippen LogP contribution in [0, 0.1) is 5.41 Å². The van der Waals surface area contributed by atoms with E-state index >= 15 is 0 Å². The average molecular weight is 368 g/mol. The molecular formula is C20H28N6O. The lowest BCUT2D eigenvalue weighted by molar-refractivity contribution is 0.0237. The summed E-state index contributed by atoms with van der Waals surface area (Å²) < 4.78 is 2.02. The summed E-state index contributed by atoms with van der Waals surface area (Å²) in [5.74, 6) is 1.31. The zero-order chi connectivity index (χ0) is 19.0. The van der Waals surface area contributed by atoms with Gasteiger partial charge in [-0.1, -0.05) is 30.3 Å². The van der Waals surface area contributed by atoms with E-state index in [2.05, 4.69) is 50.7 Å². The van der Waals surface area contributed by atoms with E-state index in [0.29, 0.717) is 0 Å². The maximum atomic E-state index is 12.4. The number of rotatable bonds is 4. The van der Waals surface area contributed by atoms with Crippen molar-refractivity contribution in [3.8, 4) is 0 Å². The smallest absolute Gasteiger partial charge is 0.317 e. The normalized spacial score (nSPS) is 21.6. The van der Waals surface area contributed by atoms with Crippen molar-refractivity contribution in [3.63, 3.8) is 0 Å². The molecule has 7 nitrogen and oxygen atoms in total. The third-order valence-corrected chi connectivity index (χ3v) is 5.74. The summed E-state index contributed by atoms with van der Waals surface area (Å²) in [6.45, 7) is 8.38. The maximum Gasteiger partial charge on any atom is 0.317 e. The topological polar surface area (TPSA) is 66.3 Å². The Kier molecular flexibility index (Phi) is 4.63. The molecule has 2 amide bonds. The Hall–Kier alpha value is -2.41. The Morgan fingerprint density at radius 3 is 2.63 bits per heavy atom. The van der Waals surface area contributed by atoms with Gasteiger partial charge in [-0.2, -0.15) is 0 Å². The van der Waals surface area contributed by atoms with E-state index in [1.807, 2.05) is 30.4 Å². The van der Waals surface area contributed by atoms with Crippen molar-refractivity contribution in [3.05, 3.63) is 48.0 Å². The standard InChI is InChI=1S/C20H28N6O/c1-15(2)22-19(27)26-12-20(13-26)11-25(9-16-7-5-4-6-8-16)10-17(20)18-23-21-14-24(18)3/h4-8,14-15,17H,9-13H2,1-3H3,(H,22,27). The molecule has 27 heavy (non-hydrogen) atoms. The first-order valence-corrected chi connectivity index (χ1v) is 9.62. The molecular weight excluding hydrogens is 340 g/mol. The predicted octanol–water partition coefficient (Wildman–Crippen LogP) is 1.83. The molecule has 3 heterocycles. The van der Waals surface area contributed by atoms with Gasteiger partial charge in [-0.25, -0.2) is 4.79 Å². The van der Waals surface area contributed by atoms with Crippen LogP contribution in [0.25, 0.3) is 0 Å². The Morgan fingerprint density at radius 2 is 2.00 bits per heavy atom. The van der Waals surface area contributed by atoms with Crippen LogP contribution in [0.1, 0.15) is 31.2 Å². The molecule has 7 heteroatoms. The minimum absolute atomic E-state index is 0.0360. The minimum atomic E-state index is 0.0360. The van der Waals surface area contributed by atoms with Gasteiger partial charge in [0.15, 0.2) is 0 Å². The van der Waals surface area contributed by atoms with E-state index in [1.54, 1.807) is 6.33 Å². The number of likely N-dealkylation sites (tertiary alicyclic amines) is 2. The summed E-state index contributed by atoms with van der Waals surface area (Å²) in [7, 11) is 2.00. The third-order valence-electron chi connectivity index (χ3n) is 5.74. The van der Waals surface area contributed by atoms with E-state index in [-0.39, 0.29) is 23.4 Å². The molecule has 2 aromatic rings. The molecule has 2 fully saturated rings. The number of benzene rings is 1. The molecule has 1 aromatic carbocycles. The Morgan fingerprint density at radius 1 is 1.26 bits per heavy atom. The molecule has 0 bridgehead atoms. The van der Waals surface area contributed by atoms with Gasteiger partial charge in [-0.05, 0) is 19.4 Å². The van der Waals surface area contributed by atoms with Crippen LogP contribution in [0.3, 0.4) is 0 Å². The molecule has 1 atom stereocenters. The summed E-state index contributed by atoms with van der Waals surface area (Å²) in [6, 6.07) is 10.8. The highest BCUT2D eigenvalue weighted by atomic mass is 16.2. The van der Waals surface area contributed by atoms with Crippen LogP contribution in [0.15, 0.2) is 36.7 Å². The molecule has 2 aliphatic rings. The number of carbonyl (C=O) groups excluding carboxylic acids is 1. The monoisotopic (exact) mass is 368 g/mol. The summed E-state index contributed by atoms with van der Waals surface area (Å²) in [6.07, 6.45) is 1.77. The zero-order valence-electron chi connectivity index (χ0n) is 16.3. The number of hydrogen-bond acceptors (Lipinski definition) is 4. The van der Waals surface area contributed by atoms with Gasteiger partial charge in [0.2, 0.25) is 0 Å². The highest BCUT2D eigenvalue weighted by Crippen LogP contribution is 2.48. The summed E-state index contributed by atoms with van der Waals surface area (Å²) in [5.41, 5.74) is 1.38. The second-order valence-electron chi connectivity index (χ2n) is 8.33. The highest BCUT2D eigenvalue weighted by molar-refractivity contribution is 5.75. The maximum absolute atomic E-state index is 12.4. The molecule has 0 saturated carbocycles. The second-order valence-corrected chi connectivity index (χ2v) is 8.33. The van der Waals surface area contributed by atoms with Crippen molar-refractivity contribution < 1.29 is 4.79 Å². The van der Waals surface area contributed by atoms with Gasteiger partial charge < -0.3 is 14.8 Å². The molecule has 0 radical (unpaired) electrons. The molecule has 144 valence electrons. The van der Waals surface area contributed by atoms with E-state index in [4.69, 9.17) is 0 Å². The van der Waals surface area contributed by atoms with Crippen molar-refractivity contribution in [1.29, 1.82) is 0 Å². The van der Waals surface area contributed by atoms with Gasteiger partial charge in [0, 0.05) is 57.1 Å². The van der Waals surface area contributed by atoms with Crippen molar-refractivity contribution in [1.82, 2.24) is 29.9 Å². The quantitative estimate of drug-likeness (QED) is 0.894. The largest absolute Gasteiger partial charge is 0.336 e. The first-order chi connectivity index (χ1) is 13.0. The SMILES string of the molecule is CC(C)NC(=O)N1CC2(CN(Cc3ccccc3)CC2c2nncn2C)C1. The Labute approximate surface area is 160 Å². The highest BCUT2D eigenvalue weighted by Gasteiger charge is 2.57. The van der Waals surface area contributed by atoms with Crippen LogP contribution in [0.4, 0.5) is 4.79 Å². The number of amides is 2. The van der Waals surface area contributed by atoms with Crippen LogP contribution in [0.5, 0.6) is 0 Å². The van der Waals surface area contributed by atoms with Crippen LogP contribution in [-0.2, 0) is 13.6 Å². The summed E-state index contributed by atoms with van der Waals surface area (Å²) >= 11 is 0. The first-order valence-electron chi connectivity index (χ1n) is 9.62. The lowest BCUT2D eigenvalue weighted by Gasteiger charge is -2.50. The number of hydrogen-bond donors (Lipinski definition) is 1. The first kappa shape index (κ1) is 18.0. The van der Waals surface area contributed by atoms with Crippen LogP contribution < -0.4 is 5.32 Å². The fourth-order valence-electron chi connectivity index (χ4n) is 4.51. The second kappa shape index (κ2) is 6.96.